The number of thioether (sulfide) groups is 1. The highest BCUT2D eigenvalue weighted by Crippen LogP contribution is 2.42. The lowest BCUT2D eigenvalue weighted by Crippen LogP contribution is -2.25. The van der Waals surface area contributed by atoms with Crippen LogP contribution in [0.15, 0.2) is 34.2 Å². The van der Waals surface area contributed by atoms with Gasteiger partial charge in [-0.15, -0.1) is 0 Å². The molecule has 2 rings (SSSR count). The summed E-state index contributed by atoms with van der Waals surface area (Å²) in [6.45, 7) is 5.69. The number of hydrogen-bond donors (Lipinski definition) is 1. The smallest absolute Gasteiger partial charge is 0.428 e. The summed E-state index contributed by atoms with van der Waals surface area (Å²) in [5.74, 6) is -4.46. The van der Waals surface area contributed by atoms with Crippen LogP contribution in [0.25, 0.3) is 0 Å². The van der Waals surface area contributed by atoms with Crippen LogP contribution >= 0.6 is 11.8 Å². The van der Waals surface area contributed by atoms with E-state index in [4.69, 9.17) is 9.47 Å². The Morgan fingerprint density at radius 3 is 2.46 bits per heavy atom. The van der Waals surface area contributed by atoms with Crippen LogP contribution in [-0.2, 0) is 9.53 Å². The number of halogens is 2. The van der Waals surface area contributed by atoms with Gasteiger partial charge in [0, 0.05) is 24.0 Å². The third kappa shape index (κ3) is 4.95. The number of carbonyl (C=O) groups is 2. The molecule has 0 aliphatic carbocycles. The van der Waals surface area contributed by atoms with E-state index in [9.17, 15) is 18.4 Å². The summed E-state index contributed by atoms with van der Waals surface area (Å²) in [4.78, 5) is 23.7. The van der Waals surface area contributed by atoms with Crippen molar-refractivity contribution in [1.82, 2.24) is 0 Å². The molecule has 1 aromatic rings. The summed E-state index contributed by atoms with van der Waals surface area (Å²) in [5, 5.41) is 3.12. The second kappa shape index (κ2) is 6.43. The lowest BCUT2D eigenvalue weighted by atomic mass is 10.2. The molecule has 130 valence electrons. The Kier molecular flexibility index (Phi) is 4.89. The first-order valence-corrected chi connectivity index (χ1v) is 7.89. The molecule has 8 heteroatoms. The molecule has 0 spiro atoms. The van der Waals surface area contributed by atoms with E-state index in [-0.39, 0.29) is 10.8 Å². The molecule has 24 heavy (non-hydrogen) atoms. The van der Waals surface area contributed by atoms with Crippen molar-refractivity contribution in [3.05, 3.63) is 29.3 Å². The molecule has 0 saturated carbocycles. The van der Waals surface area contributed by atoms with Crippen LogP contribution in [0.3, 0.4) is 0 Å². The van der Waals surface area contributed by atoms with E-state index in [2.05, 4.69) is 5.32 Å². The lowest BCUT2D eigenvalue weighted by Gasteiger charge is -2.18. The maximum atomic E-state index is 12.9. The van der Waals surface area contributed by atoms with Gasteiger partial charge in [-0.2, -0.15) is 8.78 Å². The van der Waals surface area contributed by atoms with Crippen LogP contribution in [-0.4, -0.2) is 23.5 Å². The van der Waals surface area contributed by atoms with Crippen molar-refractivity contribution in [1.29, 1.82) is 0 Å². The number of ether oxygens (including phenoxy) is 2. The Hall–Kier alpha value is -2.09. The number of nitrogens with one attached hydrogen (secondary N) is 1. The molecule has 0 bridgehead atoms. The standard InChI is InChI=1S/C16H17F2NO4S/c1-15(2,3)23-14(21)22-9-5-6-11-10(7-9)19-13(24-11)8-12(20)16(4,17)18/h5-8,19H,1-4H3/b13-8+. The molecule has 1 N–H and O–H groups in total. The van der Waals surface area contributed by atoms with Crippen molar-refractivity contribution in [2.75, 3.05) is 5.32 Å². The molecule has 1 aliphatic rings. The van der Waals surface area contributed by atoms with Crippen LogP contribution in [0.1, 0.15) is 27.7 Å². The lowest BCUT2D eigenvalue weighted by molar-refractivity contribution is -0.135. The van der Waals surface area contributed by atoms with E-state index in [0.29, 0.717) is 12.6 Å². The first-order chi connectivity index (χ1) is 10.9. The van der Waals surface area contributed by atoms with Crippen molar-refractivity contribution < 1.29 is 27.8 Å². The zero-order valence-electron chi connectivity index (χ0n) is 13.6. The average Bonchev–Trinajstić information content (AvgIpc) is 2.76. The van der Waals surface area contributed by atoms with Crippen LogP contribution < -0.4 is 10.1 Å². The minimum atomic E-state index is -3.42. The predicted molar refractivity (Wildman–Crippen MR) is 86.5 cm³/mol. The average molecular weight is 357 g/mol. The van der Waals surface area contributed by atoms with E-state index in [1.165, 1.54) is 6.07 Å². The molecule has 0 radical (unpaired) electrons. The van der Waals surface area contributed by atoms with Crippen molar-refractivity contribution in [2.24, 2.45) is 0 Å². The third-order valence-electron chi connectivity index (χ3n) is 2.71. The number of alkyl halides is 2. The molecule has 5 nitrogen and oxygen atoms in total. The second-order valence-corrected chi connectivity index (χ2v) is 7.30. The molecule has 0 atom stereocenters. The fourth-order valence-corrected chi connectivity index (χ4v) is 2.63. The maximum Gasteiger partial charge on any atom is 0.514 e. The number of ketones is 1. The van der Waals surface area contributed by atoms with Gasteiger partial charge in [0.25, 0.3) is 0 Å². The van der Waals surface area contributed by atoms with Crippen molar-refractivity contribution in [3.8, 4) is 5.75 Å². The van der Waals surface area contributed by atoms with E-state index in [1.54, 1.807) is 32.9 Å². The molecule has 0 amide bonds. The molecule has 0 fully saturated rings. The van der Waals surface area contributed by atoms with E-state index in [0.717, 1.165) is 22.7 Å². The summed E-state index contributed by atoms with van der Waals surface area (Å²) >= 11 is 1.14. The second-order valence-electron chi connectivity index (χ2n) is 6.21. The van der Waals surface area contributed by atoms with E-state index >= 15 is 0 Å². The molecule has 1 aromatic carbocycles. The number of rotatable bonds is 3. The van der Waals surface area contributed by atoms with Crippen LogP contribution in [0.2, 0.25) is 0 Å². The summed E-state index contributed by atoms with van der Waals surface area (Å²) in [7, 11) is 0. The van der Waals surface area contributed by atoms with Gasteiger partial charge in [-0.25, -0.2) is 4.79 Å². The quantitative estimate of drug-likeness (QED) is 0.485. The van der Waals surface area contributed by atoms with Crippen molar-refractivity contribution >= 4 is 29.4 Å². The molecule has 0 aromatic heterocycles. The van der Waals surface area contributed by atoms with Gasteiger partial charge >= 0.3 is 12.1 Å². The van der Waals surface area contributed by atoms with Gasteiger partial charge in [0.2, 0.25) is 5.78 Å². The minimum absolute atomic E-state index is 0.240. The molecule has 0 unspecified atom stereocenters. The Bertz CT molecular complexity index is 705. The van der Waals surface area contributed by atoms with Gasteiger partial charge < -0.3 is 14.8 Å². The van der Waals surface area contributed by atoms with Gasteiger partial charge in [-0.3, -0.25) is 4.79 Å². The minimum Gasteiger partial charge on any atom is -0.428 e. The zero-order chi connectivity index (χ0) is 18.1. The first kappa shape index (κ1) is 18.3. The van der Waals surface area contributed by atoms with Gasteiger partial charge in [-0.1, -0.05) is 11.8 Å². The number of allylic oxidation sites excluding steroid dienone is 1. The fraction of sp³-hybridized carbons (Fsp3) is 0.375. The normalized spacial score (nSPS) is 15.7. The van der Waals surface area contributed by atoms with E-state index in [1.807, 2.05) is 0 Å². The fourth-order valence-electron chi connectivity index (χ4n) is 1.71. The monoisotopic (exact) mass is 357 g/mol. The molecule has 0 saturated heterocycles. The van der Waals surface area contributed by atoms with Crippen LogP contribution in [0.4, 0.5) is 19.3 Å². The Morgan fingerprint density at radius 1 is 1.21 bits per heavy atom. The molecule has 1 aliphatic heterocycles. The summed E-state index contributed by atoms with van der Waals surface area (Å²) in [5.41, 5.74) is -0.122. The largest absolute Gasteiger partial charge is 0.514 e. The highest BCUT2D eigenvalue weighted by atomic mass is 32.2. The van der Waals surface area contributed by atoms with Crippen LogP contribution in [0, 0.1) is 0 Å². The van der Waals surface area contributed by atoms with Gasteiger partial charge in [-0.05, 0) is 32.9 Å². The van der Waals surface area contributed by atoms with Crippen molar-refractivity contribution in [2.45, 2.75) is 44.1 Å². The first-order valence-electron chi connectivity index (χ1n) is 7.08. The number of benzene rings is 1. The Balaban J connectivity index is 2.08. The third-order valence-corrected chi connectivity index (χ3v) is 3.73. The van der Waals surface area contributed by atoms with Gasteiger partial charge in [0.1, 0.15) is 11.4 Å². The summed E-state index contributed by atoms with van der Waals surface area (Å²) in [6.07, 6.45) is 0.0173. The van der Waals surface area contributed by atoms with Gasteiger partial charge in [0.15, 0.2) is 0 Å². The number of fused-ring (bicyclic) bond motifs is 1. The Morgan fingerprint density at radius 2 is 1.88 bits per heavy atom. The molecule has 1 heterocycles. The van der Waals surface area contributed by atoms with Gasteiger partial charge in [0.05, 0.1) is 10.7 Å². The predicted octanol–water partition coefficient (Wildman–Crippen LogP) is 4.58. The van der Waals surface area contributed by atoms with Crippen LogP contribution in [0.5, 0.6) is 5.75 Å². The number of hydrogen-bond acceptors (Lipinski definition) is 6. The molecular weight excluding hydrogens is 340 g/mol. The van der Waals surface area contributed by atoms with E-state index < -0.39 is 23.5 Å². The maximum absolute atomic E-state index is 12.9. The zero-order valence-corrected chi connectivity index (χ0v) is 14.4. The molecular formula is C16H17F2NO4S. The number of anilines is 1. The topological polar surface area (TPSA) is 64.6 Å². The summed E-state index contributed by atoms with van der Waals surface area (Å²) in [6, 6.07) is 4.74. The SMILES string of the molecule is CC(C)(C)OC(=O)Oc1ccc2c(c1)N/C(=C\C(=O)C(C)(F)F)S2. The highest BCUT2D eigenvalue weighted by molar-refractivity contribution is 8.03. The highest BCUT2D eigenvalue weighted by Gasteiger charge is 2.31. The number of carbonyl (C=O) groups excluding carboxylic acids is 2. The summed E-state index contributed by atoms with van der Waals surface area (Å²) < 4.78 is 36.0. The Labute approximate surface area is 142 Å². The van der Waals surface area contributed by atoms with Crippen molar-refractivity contribution in [3.63, 3.8) is 0 Å².